The van der Waals surface area contributed by atoms with Crippen LogP contribution in [-0.4, -0.2) is 9.55 Å². The van der Waals surface area contributed by atoms with Gasteiger partial charge in [-0.2, -0.15) is 0 Å². The van der Waals surface area contributed by atoms with E-state index in [9.17, 15) is 0 Å². The van der Waals surface area contributed by atoms with E-state index in [1.165, 1.54) is 22.2 Å². The SMILES string of the molecule is CCn1c(-c2cccnc2)cc2ccccc21. The zero-order valence-electron chi connectivity index (χ0n) is 9.80. The highest BCUT2D eigenvalue weighted by molar-refractivity contribution is 5.86. The van der Waals surface area contributed by atoms with Crippen LogP contribution in [0.15, 0.2) is 54.9 Å². The Morgan fingerprint density at radius 1 is 1.12 bits per heavy atom. The molecule has 3 aromatic rings. The van der Waals surface area contributed by atoms with E-state index < -0.39 is 0 Å². The van der Waals surface area contributed by atoms with Gasteiger partial charge < -0.3 is 4.57 Å². The number of nitrogens with zero attached hydrogens (tertiary/aromatic N) is 2. The van der Waals surface area contributed by atoms with Crippen molar-refractivity contribution in [1.29, 1.82) is 0 Å². The number of aryl methyl sites for hydroxylation is 1. The Morgan fingerprint density at radius 3 is 2.76 bits per heavy atom. The van der Waals surface area contributed by atoms with Crippen LogP contribution in [0, 0.1) is 0 Å². The molecule has 84 valence electrons. The first kappa shape index (κ1) is 10.1. The molecule has 0 fully saturated rings. The van der Waals surface area contributed by atoms with E-state index >= 15 is 0 Å². The summed E-state index contributed by atoms with van der Waals surface area (Å²) in [5.41, 5.74) is 3.70. The molecule has 0 amide bonds. The van der Waals surface area contributed by atoms with E-state index in [1.807, 2.05) is 18.5 Å². The summed E-state index contributed by atoms with van der Waals surface area (Å²) in [5, 5.41) is 1.29. The molecule has 2 nitrogen and oxygen atoms in total. The fraction of sp³-hybridized carbons (Fsp3) is 0.133. The average Bonchev–Trinajstić information content (AvgIpc) is 2.78. The number of pyridine rings is 1. The second-order valence-electron chi connectivity index (χ2n) is 4.07. The first-order chi connectivity index (χ1) is 8.40. The molecule has 1 aromatic carbocycles. The summed E-state index contributed by atoms with van der Waals surface area (Å²) in [4.78, 5) is 4.19. The lowest BCUT2D eigenvalue weighted by Crippen LogP contribution is -1.96. The maximum atomic E-state index is 4.19. The van der Waals surface area contributed by atoms with Crippen molar-refractivity contribution in [3.05, 3.63) is 54.9 Å². The van der Waals surface area contributed by atoms with Gasteiger partial charge in [0, 0.05) is 35.4 Å². The molecular weight excluding hydrogens is 208 g/mol. The van der Waals surface area contributed by atoms with E-state index in [1.54, 1.807) is 0 Å². The van der Waals surface area contributed by atoms with Crippen LogP contribution in [0.2, 0.25) is 0 Å². The molecule has 2 heterocycles. The minimum atomic E-state index is 0.970. The third-order valence-electron chi connectivity index (χ3n) is 3.08. The molecular formula is C15H14N2. The standard InChI is InChI=1S/C15H14N2/c1-2-17-14-8-4-3-6-12(14)10-15(17)13-7-5-9-16-11-13/h3-11H,2H2,1H3. The second kappa shape index (κ2) is 4.06. The molecule has 0 saturated carbocycles. The largest absolute Gasteiger partial charge is 0.341 e. The predicted molar refractivity (Wildman–Crippen MR) is 70.8 cm³/mol. The Balaban J connectivity index is 2.30. The number of hydrogen-bond donors (Lipinski definition) is 0. The monoisotopic (exact) mass is 222 g/mol. The summed E-state index contributed by atoms with van der Waals surface area (Å²) in [5.74, 6) is 0. The molecule has 0 N–H and O–H groups in total. The zero-order chi connectivity index (χ0) is 11.7. The Hall–Kier alpha value is -2.09. The van der Waals surface area contributed by atoms with Crippen molar-refractivity contribution in [1.82, 2.24) is 9.55 Å². The zero-order valence-corrected chi connectivity index (χ0v) is 9.80. The van der Waals surface area contributed by atoms with E-state index in [2.05, 4.69) is 52.9 Å². The van der Waals surface area contributed by atoms with Crippen LogP contribution in [0.5, 0.6) is 0 Å². The van der Waals surface area contributed by atoms with Crippen LogP contribution in [0.4, 0.5) is 0 Å². The summed E-state index contributed by atoms with van der Waals surface area (Å²) in [7, 11) is 0. The van der Waals surface area contributed by atoms with Gasteiger partial charge in [0.1, 0.15) is 0 Å². The molecule has 2 aromatic heterocycles. The van der Waals surface area contributed by atoms with Gasteiger partial charge in [0.15, 0.2) is 0 Å². The lowest BCUT2D eigenvalue weighted by Gasteiger charge is -2.07. The summed E-state index contributed by atoms with van der Waals surface area (Å²) in [6, 6.07) is 14.8. The highest BCUT2D eigenvalue weighted by atomic mass is 15.0. The van der Waals surface area contributed by atoms with E-state index in [-0.39, 0.29) is 0 Å². The van der Waals surface area contributed by atoms with Gasteiger partial charge in [-0.05, 0) is 31.2 Å². The van der Waals surface area contributed by atoms with Crippen LogP contribution in [0.25, 0.3) is 22.2 Å². The van der Waals surface area contributed by atoms with Gasteiger partial charge in [-0.15, -0.1) is 0 Å². The number of hydrogen-bond acceptors (Lipinski definition) is 1. The van der Waals surface area contributed by atoms with Crippen molar-refractivity contribution in [2.24, 2.45) is 0 Å². The van der Waals surface area contributed by atoms with Crippen molar-refractivity contribution < 1.29 is 0 Å². The average molecular weight is 222 g/mol. The minimum Gasteiger partial charge on any atom is -0.341 e. The van der Waals surface area contributed by atoms with Crippen LogP contribution < -0.4 is 0 Å². The van der Waals surface area contributed by atoms with Gasteiger partial charge in [0.05, 0.1) is 5.69 Å². The fourth-order valence-corrected chi connectivity index (χ4v) is 2.30. The van der Waals surface area contributed by atoms with Gasteiger partial charge >= 0.3 is 0 Å². The Kier molecular flexibility index (Phi) is 2.41. The molecule has 0 spiro atoms. The van der Waals surface area contributed by atoms with Crippen LogP contribution in [-0.2, 0) is 6.54 Å². The lowest BCUT2D eigenvalue weighted by atomic mass is 10.2. The van der Waals surface area contributed by atoms with Gasteiger partial charge in [0.2, 0.25) is 0 Å². The van der Waals surface area contributed by atoms with Crippen LogP contribution in [0.1, 0.15) is 6.92 Å². The van der Waals surface area contributed by atoms with E-state index in [0.717, 1.165) is 6.54 Å². The summed E-state index contributed by atoms with van der Waals surface area (Å²) >= 11 is 0. The number of rotatable bonds is 2. The fourth-order valence-electron chi connectivity index (χ4n) is 2.30. The van der Waals surface area contributed by atoms with Gasteiger partial charge in [0.25, 0.3) is 0 Å². The minimum absolute atomic E-state index is 0.970. The Morgan fingerprint density at radius 2 is 2.00 bits per heavy atom. The number of benzene rings is 1. The molecule has 0 aliphatic heterocycles. The molecule has 0 saturated heterocycles. The molecule has 0 radical (unpaired) electrons. The third-order valence-corrected chi connectivity index (χ3v) is 3.08. The summed E-state index contributed by atoms with van der Waals surface area (Å²) in [6.07, 6.45) is 3.73. The Labute approximate surface area is 101 Å². The van der Waals surface area contributed by atoms with Crippen molar-refractivity contribution in [2.45, 2.75) is 13.5 Å². The van der Waals surface area contributed by atoms with E-state index in [0.29, 0.717) is 0 Å². The van der Waals surface area contributed by atoms with Gasteiger partial charge in [-0.25, -0.2) is 0 Å². The third kappa shape index (κ3) is 1.62. The molecule has 2 heteroatoms. The van der Waals surface area contributed by atoms with Crippen molar-refractivity contribution >= 4 is 10.9 Å². The molecule has 0 unspecified atom stereocenters. The summed E-state index contributed by atoms with van der Waals surface area (Å²) in [6.45, 7) is 3.14. The Bertz CT molecular complexity index is 638. The predicted octanol–water partition coefficient (Wildman–Crippen LogP) is 3.72. The highest BCUT2D eigenvalue weighted by Crippen LogP contribution is 2.27. The van der Waals surface area contributed by atoms with Crippen molar-refractivity contribution in [2.75, 3.05) is 0 Å². The van der Waals surface area contributed by atoms with Gasteiger partial charge in [-0.3, -0.25) is 4.98 Å². The molecule has 0 aliphatic rings. The smallest absolute Gasteiger partial charge is 0.0506 e. The molecule has 3 rings (SSSR count). The normalized spacial score (nSPS) is 10.9. The quantitative estimate of drug-likeness (QED) is 0.646. The number of para-hydroxylation sites is 1. The highest BCUT2D eigenvalue weighted by Gasteiger charge is 2.08. The number of aromatic nitrogens is 2. The summed E-state index contributed by atoms with van der Waals surface area (Å²) < 4.78 is 2.33. The van der Waals surface area contributed by atoms with Crippen LogP contribution in [0.3, 0.4) is 0 Å². The van der Waals surface area contributed by atoms with Crippen molar-refractivity contribution in [3.63, 3.8) is 0 Å². The molecule has 0 aliphatic carbocycles. The first-order valence-corrected chi connectivity index (χ1v) is 5.89. The topological polar surface area (TPSA) is 17.8 Å². The number of fused-ring (bicyclic) bond motifs is 1. The maximum absolute atomic E-state index is 4.19. The second-order valence-corrected chi connectivity index (χ2v) is 4.07. The lowest BCUT2D eigenvalue weighted by molar-refractivity contribution is 0.805. The van der Waals surface area contributed by atoms with Crippen molar-refractivity contribution in [3.8, 4) is 11.3 Å². The molecule has 17 heavy (non-hydrogen) atoms. The molecule has 0 atom stereocenters. The molecule has 0 bridgehead atoms. The van der Waals surface area contributed by atoms with Gasteiger partial charge in [-0.1, -0.05) is 18.2 Å². The van der Waals surface area contributed by atoms with Crippen LogP contribution >= 0.6 is 0 Å². The van der Waals surface area contributed by atoms with E-state index in [4.69, 9.17) is 0 Å². The maximum Gasteiger partial charge on any atom is 0.0506 e. The first-order valence-electron chi connectivity index (χ1n) is 5.89.